The topological polar surface area (TPSA) is 84.5 Å². The minimum absolute atomic E-state index is 0.0512. The normalized spacial score (nSPS) is 11.6. The van der Waals surface area contributed by atoms with Gasteiger partial charge in [0.15, 0.2) is 0 Å². The molecule has 2 amide bonds. The lowest BCUT2D eigenvalue weighted by molar-refractivity contribution is -0.145. The Kier molecular flexibility index (Phi) is 21.2. The molecule has 0 aliphatic heterocycles. The van der Waals surface area contributed by atoms with Gasteiger partial charge in [0, 0.05) is 13.0 Å². The fraction of sp³-hybridized carbons (Fsp3) is 0.605. The van der Waals surface area contributed by atoms with Crippen molar-refractivity contribution in [3.63, 3.8) is 0 Å². The highest BCUT2D eigenvalue weighted by atomic mass is 16.5. The van der Waals surface area contributed by atoms with E-state index < -0.39 is 6.04 Å². The molecule has 1 atom stereocenters. The van der Waals surface area contributed by atoms with Gasteiger partial charge in [-0.3, -0.25) is 14.4 Å². The van der Waals surface area contributed by atoms with Crippen molar-refractivity contribution in [1.82, 2.24) is 10.6 Å². The van der Waals surface area contributed by atoms with Gasteiger partial charge in [-0.1, -0.05) is 164 Å². The first-order chi connectivity index (χ1) is 21.6. The molecule has 0 heterocycles. The van der Waals surface area contributed by atoms with Crippen LogP contribution in [0.5, 0.6) is 0 Å². The van der Waals surface area contributed by atoms with Crippen LogP contribution in [0.15, 0.2) is 60.7 Å². The fourth-order valence-electron chi connectivity index (χ4n) is 5.38. The first-order valence-corrected chi connectivity index (χ1v) is 17.4. The van der Waals surface area contributed by atoms with Crippen molar-refractivity contribution in [3.8, 4) is 0 Å². The third-order valence-electron chi connectivity index (χ3n) is 8.07. The predicted molar refractivity (Wildman–Crippen MR) is 180 cm³/mol. The Morgan fingerprint density at radius 3 is 1.64 bits per heavy atom. The number of carbonyl (C=O) groups excluding carboxylic acids is 3. The second-order valence-electron chi connectivity index (χ2n) is 12.1. The van der Waals surface area contributed by atoms with Gasteiger partial charge in [0.2, 0.25) is 11.8 Å². The molecule has 0 aromatic heterocycles. The van der Waals surface area contributed by atoms with Gasteiger partial charge in [-0.25, -0.2) is 0 Å². The monoisotopic (exact) mass is 606 g/mol. The van der Waals surface area contributed by atoms with Gasteiger partial charge in [0.25, 0.3) is 0 Å². The summed E-state index contributed by atoms with van der Waals surface area (Å²) in [6, 6.07) is 18.1. The Bertz CT molecular complexity index is 1010. The highest BCUT2D eigenvalue weighted by Crippen LogP contribution is 2.14. The summed E-state index contributed by atoms with van der Waals surface area (Å²) in [5.74, 6) is -0.874. The van der Waals surface area contributed by atoms with Crippen LogP contribution in [-0.4, -0.2) is 30.4 Å². The zero-order valence-electron chi connectivity index (χ0n) is 27.3. The number of benzene rings is 2. The predicted octanol–water partition coefficient (Wildman–Crippen LogP) is 8.62. The van der Waals surface area contributed by atoms with E-state index in [1.807, 2.05) is 60.7 Å². The van der Waals surface area contributed by atoms with Gasteiger partial charge < -0.3 is 15.4 Å². The van der Waals surface area contributed by atoms with Crippen LogP contribution in [0.25, 0.3) is 0 Å². The molecule has 0 aliphatic carbocycles. The fourth-order valence-corrected chi connectivity index (χ4v) is 5.38. The molecule has 2 rings (SSSR count). The van der Waals surface area contributed by atoms with Gasteiger partial charge in [-0.15, -0.1) is 0 Å². The number of carbonyl (C=O) groups is 3. The third kappa shape index (κ3) is 19.2. The number of hydrogen-bond donors (Lipinski definition) is 2. The lowest BCUT2D eigenvalue weighted by Crippen LogP contribution is -2.47. The second-order valence-corrected chi connectivity index (χ2v) is 12.1. The molecule has 0 radical (unpaired) electrons. The molecule has 0 saturated carbocycles. The van der Waals surface area contributed by atoms with Crippen molar-refractivity contribution < 1.29 is 19.1 Å². The highest BCUT2D eigenvalue weighted by Gasteiger charge is 2.22. The van der Waals surface area contributed by atoms with Gasteiger partial charge in [0.05, 0.1) is 6.42 Å². The summed E-state index contributed by atoms with van der Waals surface area (Å²) in [4.78, 5) is 38.1. The minimum Gasteiger partial charge on any atom is -0.461 e. The van der Waals surface area contributed by atoms with Crippen LogP contribution < -0.4 is 10.6 Å². The van der Waals surface area contributed by atoms with Gasteiger partial charge in [-0.05, 0) is 24.0 Å². The lowest BCUT2D eigenvalue weighted by atomic mass is 10.0. The van der Waals surface area contributed by atoms with Crippen LogP contribution in [0.4, 0.5) is 0 Å². The quantitative estimate of drug-likeness (QED) is 0.0829. The summed E-state index contributed by atoms with van der Waals surface area (Å²) in [6.07, 6.45) is 21.3. The lowest BCUT2D eigenvalue weighted by Gasteiger charge is -2.18. The summed E-state index contributed by atoms with van der Waals surface area (Å²) in [5, 5.41) is 5.82. The van der Waals surface area contributed by atoms with Crippen LogP contribution in [0.1, 0.15) is 134 Å². The molecule has 1 unspecified atom stereocenters. The largest absolute Gasteiger partial charge is 0.461 e. The van der Waals surface area contributed by atoms with Crippen molar-refractivity contribution >= 4 is 17.8 Å². The molecule has 244 valence electrons. The Balaban J connectivity index is 1.59. The summed E-state index contributed by atoms with van der Waals surface area (Å²) in [6.45, 7) is 3.03. The molecule has 2 aromatic carbocycles. The number of rotatable bonds is 26. The first-order valence-electron chi connectivity index (χ1n) is 17.4. The molecule has 6 heteroatoms. The van der Waals surface area contributed by atoms with E-state index in [1.165, 1.54) is 89.9 Å². The van der Waals surface area contributed by atoms with E-state index in [0.717, 1.165) is 24.0 Å². The molecule has 44 heavy (non-hydrogen) atoms. The van der Waals surface area contributed by atoms with Gasteiger partial charge in [0.1, 0.15) is 12.6 Å². The Morgan fingerprint density at radius 1 is 0.636 bits per heavy atom. The number of esters is 1. The van der Waals surface area contributed by atoms with Crippen molar-refractivity contribution in [1.29, 1.82) is 0 Å². The third-order valence-corrected chi connectivity index (χ3v) is 8.07. The summed E-state index contributed by atoms with van der Waals surface area (Å²) in [5.41, 5.74) is 1.78. The zero-order chi connectivity index (χ0) is 31.5. The average molecular weight is 607 g/mol. The summed E-state index contributed by atoms with van der Waals surface area (Å²) < 4.78 is 5.37. The summed E-state index contributed by atoms with van der Waals surface area (Å²) >= 11 is 0. The summed E-state index contributed by atoms with van der Waals surface area (Å²) in [7, 11) is 0. The van der Waals surface area contributed by atoms with E-state index >= 15 is 0 Å². The van der Waals surface area contributed by atoms with E-state index in [4.69, 9.17) is 4.74 Å². The highest BCUT2D eigenvalue weighted by molar-refractivity contribution is 5.88. The smallest absolute Gasteiger partial charge is 0.306 e. The maximum atomic E-state index is 13.0. The number of amides is 2. The first kappa shape index (κ1) is 37.0. The van der Waals surface area contributed by atoms with Crippen LogP contribution >= 0.6 is 0 Å². The maximum Gasteiger partial charge on any atom is 0.306 e. The molecule has 0 bridgehead atoms. The van der Waals surface area contributed by atoms with Crippen molar-refractivity contribution in [2.24, 2.45) is 0 Å². The average Bonchev–Trinajstić information content (AvgIpc) is 3.04. The molecule has 0 fully saturated rings. The van der Waals surface area contributed by atoms with E-state index in [0.29, 0.717) is 6.54 Å². The Labute approximate surface area is 267 Å². The molecular formula is C38H58N2O4. The number of nitrogens with one attached hydrogen (secondary N) is 2. The molecule has 2 aromatic rings. The number of ether oxygens (including phenoxy) is 1. The van der Waals surface area contributed by atoms with E-state index in [-0.39, 0.29) is 43.7 Å². The maximum absolute atomic E-state index is 13.0. The standard InChI is InChI=1S/C38H58N2O4/c1-2-3-4-5-6-7-8-9-10-11-12-13-14-15-16-23-30-39-38(43)35(40-36(41)31-33-24-19-17-20-25-33)28-29-37(42)44-32-34-26-21-18-22-27-34/h17-22,24-27,35H,2-16,23,28-32H2,1H3,(H,39,43)(H,40,41). The molecule has 0 aliphatic rings. The second kappa shape index (κ2) is 25.2. The van der Waals surface area contributed by atoms with Crippen LogP contribution in [0, 0.1) is 0 Å². The minimum atomic E-state index is -0.781. The van der Waals surface area contributed by atoms with E-state index in [1.54, 1.807) is 0 Å². The molecule has 2 N–H and O–H groups in total. The van der Waals surface area contributed by atoms with E-state index in [2.05, 4.69) is 17.6 Å². The van der Waals surface area contributed by atoms with Crippen molar-refractivity contribution in [2.45, 2.75) is 142 Å². The molecule has 6 nitrogen and oxygen atoms in total. The Hall–Kier alpha value is -3.15. The molecular weight excluding hydrogens is 548 g/mol. The van der Waals surface area contributed by atoms with Crippen molar-refractivity contribution in [2.75, 3.05) is 6.54 Å². The SMILES string of the molecule is CCCCCCCCCCCCCCCCCCNC(=O)C(CCC(=O)OCc1ccccc1)NC(=O)Cc1ccccc1. The van der Waals surface area contributed by atoms with E-state index in [9.17, 15) is 14.4 Å². The number of hydrogen-bond acceptors (Lipinski definition) is 4. The van der Waals surface area contributed by atoms with Crippen LogP contribution in [0.3, 0.4) is 0 Å². The van der Waals surface area contributed by atoms with Crippen molar-refractivity contribution in [3.05, 3.63) is 71.8 Å². The zero-order valence-corrected chi connectivity index (χ0v) is 27.3. The molecule has 0 saturated heterocycles. The molecule has 0 spiro atoms. The number of unbranched alkanes of at least 4 members (excludes halogenated alkanes) is 15. The Morgan fingerprint density at radius 2 is 1.11 bits per heavy atom. The van der Waals surface area contributed by atoms with Gasteiger partial charge >= 0.3 is 5.97 Å². The van der Waals surface area contributed by atoms with Gasteiger partial charge in [-0.2, -0.15) is 0 Å². The van der Waals surface area contributed by atoms with Crippen LogP contribution in [-0.2, 0) is 32.1 Å². The van der Waals surface area contributed by atoms with Crippen LogP contribution in [0.2, 0.25) is 0 Å².